The number of hydrogen-bond acceptors (Lipinski definition) is 6. The molecule has 0 aliphatic carbocycles. The highest BCUT2D eigenvalue weighted by molar-refractivity contribution is 5.96. The van der Waals surface area contributed by atoms with E-state index in [1.807, 2.05) is 54.3 Å². The summed E-state index contributed by atoms with van der Waals surface area (Å²) < 4.78 is 6.60. The lowest BCUT2D eigenvalue weighted by atomic mass is 10.0. The summed E-state index contributed by atoms with van der Waals surface area (Å²) >= 11 is 0. The number of carbonyl (C=O) groups excluding carboxylic acids is 2. The van der Waals surface area contributed by atoms with E-state index in [-0.39, 0.29) is 30.8 Å². The third-order valence-electron chi connectivity index (χ3n) is 7.42. The van der Waals surface area contributed by atoms with Crippen molar-refractivity contribution < 1.29 is 14.3 Å². The van der Waals surface area contributed by atoms with Gasteiger partial charge in [0.05, 0.1) is 19.2 Å². The molecule has 0 N–H and O–H groups in total. The van der Waals surface area contributed by atoms with Crippen molar-refractivity contribution in [2.24, 2.45) is 0 Å². The minimum atomic E-state index is -0.455. The highest BCUT2D eigenvalue weighted by atomic mass is 16.5. The predicted molar refractivity (Wildman–Crippen MR) is 155 cm³/mol. The van der Waals surface area contributed by atoms with Crippen LogP contribution in [0.25, 0.3) is 0 Å². The number of benzene rings is 2. The van der Waals surface area contributed by atoms with Crippen LogP contribution < -0.4 is 15.3 Å². The maximum absolute atomic E-state index is 13.9. The van der Waals surface area contributed by atoms with Crippen molar-refractivity contribution in [3.63, 3.8) is 0 Å². The van der Waals surface area contributed by atoms with E-state index in [9.17, 15) is 14.4 Å². The number of aromatic nitrogens is 2. The monoisotopic (exact) mass is 545 g/mol. The van der Waals surface area contributed by atoms with Gasteiger partial charge in [-0.2, -0.15) is 0 Å². The second kappa shape index (κ2) is 13.4. The van der Waals surface area contributed by atoms with Gasteiger partial charge in [-0.1, -0.05) is 30.3 Å². The van der Waals surface area contributed by atoms with E-state index < -0.39 is 5.69 Å². The van der Waals surface area contributed by atoms with Crippen molar-refractivity contribution in [2.45, 2.75) is 52.7 Å². The summed E-state index contributed by atoms with van der Waals surface area (Å²) in [6.45, 7) is 9.14. The van der Waals surface area contributed by atoms with Gasteiger partial charge in [-0.05, 0) is 62.1 Å². The van der Waals surface area contributed by atoms with Crippen molar-refractivity contribution in [3.8, 4) is 5.75 Å². The molecule has 0 spiro atoms. The molecule has 0 unspecified atom stereocenters. The minimum Gasteiger partial charge on any atom is -0.497 e. The normalized spacial score (nSPS) is 14.9. The molecule has 0 radical (unpaired) electrons. The number of anilines is 1. The number of carbonyl (C=O) groups is 2. The van der Waals surface area contributed by atoms with Gasteiger partial charge in [0.15, 0.2) is 0 Å². The van der Waals surface area contributed by atoms with Crippen LogP contribution in [0.15, 0.2) is 65.7 Å². The molecular weight excluding hydrogens is 506 g/mol. The number of fused-ring (bicyclic) bond motifs is 1. The van der Waals surface area contributed by atoms with Gasteiger partial charge in [0.25, 0.3) is 0 Å². The van der Waals surface area contributed by atoms with Gasteiger partial charge in [-0.3, -0.25) is 19.1 Å². The first-order valence-corrected chi connectivity index (χ1v) is 13.8. The Morgan fingerprint density at radius 2 is 1.75 bits per heavy atom. The van der Waals surface area contributed by atoms with Crippen molar-refractivity contribution in [1.82, 2.24) is 19.4 Å². The molecule has 9 nitrogen and oxygen atoms in total. The molecule has 0 bridgehead atoms. The number of nitrogens with zero attached hydrogens (tertiary/aromatic N) is 5. The van der Waals surface area contributed by atoms with Crippen LogP contribution >= 0.6 is 0 Å². The lowest BCUT2D eigenvalue weighted by Gasteiger charge is -2.30. The first-order chi connectivity index (χ1) is 19.3. The average Bonchev–Trinajstić information content (AvgIpc) is 2.97. The van der Waals surface area contributed by atoms with Crippen LogP contribution in [0.5, 0.6) is 5.75 Å². The number of amides is 2. The number of para-hydroxylation sites is 1. The van der Waals surface area contributed by atoms with Crippen LogP contribution in [0.2, 0.25) is 0 Å². The molecule has 1 aromatic heterocycles. The van der Waals surface area contributed by atoms with Crippen molar-refractivity contribution in [3.05, 3.63) is 88.1 Å². The summed E-state index contributed by atoms with van der Waals surface area (Å²) in [5.74, 6) is 0.595. The van der Waals surface area contributed by atoms with Crippen LogP contribution in [-0.4, -0.2) is 70.5 Å². The van der Waals surface area contributed by atoms with Gasteiger partial charge in [0.1, 0.15) is 12.3 Å². The molecule has 212 valence electrons. The van der Waals surface area contributed by atoms with Crippen molar-refractivity contribution in [2.75, 3.05) is 38.2 Å². The Morgan fingerprint density at radius 1 is 0.975 bits per heavy atom. The van der Waals surface area contributed by atoms with Crippen LogP contribution in [0.3, 0.4) is 0 Å². The number of aryl methyl sites for hydroxylation is 1. The fourth-order valence-electron chi connectivity index (χ4n) is 5.17. The smallest absolute Gasteiger partial charge is 0.347 e. The van der Waals surface area contributed by atoms with Gasteiger partial charge in [-0.15, -0.1) is 0 Å². The molecule has 2 aromatic carbocycles. The van der Waals surface area contributed by atoms with E-state index in [0.717, 1.165) is 41.1 Å². The quantitative estimate of drug-likeness (QED) is 0.473. The summed E-state index contributed by atoms with van der Waals surface area (Å²) in [5, 5.41) is 0. The molecule has 0 fully saturated rings. The Labute approximate surface area is 236 Å². The lowest BCUT2D eigenvalue weighted by molar-refractivity contribution is -0.132. The van der Waals surface area contributed by atoms with E-state index in [4.69, 9.17) is 4.74 Å². The molecule has 2 heterocycles. The Kier molecular flexibility index (Phi) is 9.71. The molecule has 0 atom stereocenters. The fourth-order valence-corrected chi connectivity index (χ4v) is 5.17. The van der Waals surface area contributed by atoms with Gasteiger partial charge < -0.3 is 14.5 Å². The van der Waals surface area contributed by atoms with Crippen molar-refractivity contribution in [1.29, 1.82) is 0 Å². The summed E-state index contributed by atoms with van der Waals surface area (Å²) in [6, 6.07) is 15.5. The molecule has 1 aliphatic rings. The summed E-state index contributed by atoms with van der Waals surface area (Å²) in [6.07, 6.45) is 4.07. The van der Waals surface area contributed by atoms with Crippen LogP contribution in [-0.2, 0) is 29.1 Å². The van der Waals surface area contributed by atoms with E-state index >= 15 is 0 Å². The Bertz CT molecular complexity index is 1370. The molecule has 3 aromatic rings. The predicted octanol–water partition coefficient (Wildman–Crippen LogP) is 3.28. The third kappa shape index (κ3) is 7.15. The van der Waals surface area contributed by atoms with E-state index in [2.05, 4.69) is 23.7 Å². The van der Waals surface area contributed by atoms with E-state index in [0.29, 0.717) is 26.2 Å². The zero-order valence-corrected chi connectivity index (χ0v) is 23.9. The number of hydrogen-bond donors (Lipinski definition) is 0. The molecule has 9 heteroatoms. The molecule has 40 heavy (non-hydrogen) atoms. The summed E-state index contributed by atoms with van der Waals surface area (Å²) in [7, 11) is 1.62. The first kappa shape index (κ1) is 29.0. The van der Waals surface area contributed by atoms with Gasteiger partial charge in [0, 0.05) is 51.2 Å². The molecule has 2 amide bonds. The summed E-state index contributed by atoms with van der Waals surface area (Å²) in [4.78, 5) is 49.5. The SMILES string of the molecule is COc1ccc(CC(=O)N2CCCN(C(C)C)CCN(C(=O)Cn3cccnc3=O)Cc3cccc(C)c32)cc1. The standard InChI is InChI=1S/C31H39N5O4/c1-23(2)33-16-7-17-36(28(37)20-25-10-12-27(40-4)13-11-25)30-24(3)8-5-9-26(30)21-34(19-18-33)29(38)22-35-15-6-14-32-31(35)39/h5-6,8-15,23H,7,16-22H2,1-4H3. The van der Waals surface area contributed by atoms with Gasteiger partial charge >= 0.3 is 5.69 Å². The maximum Gasteiger partial charge on any atom is 0.347 e. The number of ether oxygens (including phenoxy) is 1. The Balaban J connectivity index is 1.68. The fraction of sp³-hybridized carbons (Fsp3) is 0.419. The Morgan fingerprint density at radius 3 is 2.45 bits per heavy atom. The van der Waals surface area contributed by atoms with Crippen LogP contribution in [0.1, 0.15) is 37.0 Å². The molecule has 4 rings (SSSR count). The number of methoxy groups -OCH3 is 1. The zero-order chi connectivity index (χ0) is 28.6. The average molecular weight is 546 g/mol. The van der Waals surface area contributed by atoms with E-state index in [1.165, 1.54) is 10.8 Å². The topological polar surface area (TPSA) is 88.0 Å². The second-order valence-electron chi connectivity index (χ2n) is 10.5. The highest BCUT2D eigenvalue weighted by Crippen LogP contribution is 2.29. The zero-order valence-electron chi connectivity index (χ0n) is 23.9. The molecule has 0 saturated carbocycles. The van der Waals surface area contributed by atoms with Gasteiger partial charge in [0.2, 0.25) is 11.8 Å². The second-order valence-corrected chi connectivity index (χ2v) is 10.5. The van der Waals surface area contributed by atoms with E-state index in [1.54, 1.807) is 24.3 Å². The lowest BCUT2D eigenvalue weighted by Crippen LogP contribution is -2.43. The molecular formula is C31H39N5O4. The Hall–Kier alpha value is -3.98. The molecule has 1 aliphatic heterocycles. The van der Waals surface area contributed by atoms with Crippen molar-refractivity contribution >= 4 is 17.5 Å². The third-order valence-corrected chi connectivity index (χ3v) is 7.42. The van der Waals surface area contributed by atoms with Crippen LogP contribution in [0.4, 0.5) is 5.69 Å². The minimum absolute atomic E-state index is 0.0100. The molecule has 0 saturated heterocycles. The maximum atomic E-state index is 13.9. The number of rotatable bonds is 6. The van der Waals surface area contributed by atoms with Gasteiger partial charge in [-0.25, -0.2) is 9.78 Å². The first-order valence-electron chi connectivity index (χ1n) is 13.8. The highest BCUT2D eigenvalue weighted by Gasteiger charge is 2.26. The van der Waals surface area contributed by atoms with Crippen LogP contribution in [0, 0.1) is 6.92 Å². The largest absolute Gasteiger partial charge is 0.497 e. The summed E-state index contributed by atoms with van der Waals surface area (Å²) in [5.41, 5.74) is 3.21.